The molecule has 27 heavy (non-hydrogen) atoms. The Morgan fingerprint density at radius 3 is 2.85 bits per heavy atom. The first-order chi connectivity index (χ1) is 13.0. The van der Waals surface area contributed by atoms with Crippen LogP contribution < -0.4 is 0 Å². The Kier molecular flexibility index (Phi) is 4.11. The third kappa shape index (κ3) is 2.66. The molecule has 1 aromatic heterocycles. The van der Waals surface area contributed by atoms with Crippen LogP contribution in [0.25, 0.3) is 0 Å². The van der Waals surface area contributed by atoms with Crippen molar-refractivity contribution in [2.45, 2.75) is 71.6 Å². The van der Waals surface area contributed by atoms with Gasteiger partial charge >= 0.3 is 0 Å². The molecule has 0 aliphatic heterocycles. The first kappa shape index (κ1) is 17.6. The van der Waals surface area contributed by atoms with E-state index in [1.54, 1.807) is 5.57 Å². The standard InChI is InChI=1S/C25H33NO/c1-24-11-9-20(27)15-19(24)5-7-21-22-8-6-18(14-17-4-3-13-26-16-17)25(22,2)12-10-23(21)24/h3-4,6,13,16,19,21-23H,5,7-12,14-15H2,1-2H3/t19?,21-,22-,23-,24-,25+/m0/s1. The number of pyridine rings is 1. The van der Waals surface area contributed by atoms with Gasteiger partial charge in [-0.25, -0.2) is 0 Å². The SMILES string of the molecule is C[C@]12CCC(=O)CC1CC[C@@H]1[C@@H]2CC[C@]2(C)C(Cc3cccnc3)=CC[C@@H]12. The molecule has 6 atom stereocenters. The van der Waals surface area contributed by atoms with Gasteiger partial charge in [0.25, 0.3) is 0 Å². The predicted octanol–water partition coefficient (Wildman–Crippen LogP) is 5.77. The summed E-state index contributed by atoms with van der Waals surface area (Å²) in [5, 5.41) is 0. The van der Waals surface area contributed by atoms with Gasteiger partial charge in [0.15, 0.2) is 0 Å². The summed E-state index contributed by atoms with van der Waals surface area (Å²) < 4.78 is 0. The number of carbonyl (C=O) groups excluding carboxylic acids is 1. The van der Waals surface area contributed by atoms with E-state index in [4.69, 9.17) is 0 Å². The first-order valence-electron chi connectivity index (χ1n) is 11.1. The van der Waals surface area contributed by atoms with Crippen molar-refractivity contribution in [3.05, 3.63) is 41.7 Å². The fourth-order valence-corrected chi connectivity index (χ4v) is 7.70. The smallest absolute Gasteiger partial charge is 0.133 e. The number of ketones is 1. The number of aromatic nitrogens is 1. The van der Waals surface area contributed by atoms with Crippen LogP contribution in [0.15, 0.2) is 36.2 Å². The Bertz CT molecular complexity index is 768. The minimum atomic E-state index is 0.380. The van der Waals surface area contributed by atoms with Gasteiger partial charge in [0, 0.05) is 25.2 Å². The van der Waals surface area contributed by atoms with Gasteiger partial charge in [-0.15, -0.1) is 0 Å². The summed E-state index contributed by atoms with van der Waals surface area (Å²) in [6.07, 6.45) is 17.0. The van der Waals surface area contributed by atoms with Crippen molar-refractivity contribution in [1.82, 2.24) is 4.98 Å². The van der Waals surface area contributed by atoms with E-state index in [2.05, 4.69) is 37.0 Å². The van der Waals surface area contributed by atoms with E-state index in [-0.39, 0.29) is 0 Å². The monoisotopic (exact) mass is 363 g/mol. The van der Waals surface area contributed by atoms with Crippen LogP contribution in [-0.2, 0) is 11.2 Å². The average molecular weight is 364 g/mol. The van der Waals surface area contributed by atoms with Gasteiger partial charge < -0.3 is 0 Å². The largest absolute Gasteiger partial charge is 0.300 e. The molecule has 4 aliphatic rings. The molecule has 0 amide bonds. The third-order valence-corrected chi connectivity index (χ3v) is 9.34. The number of rotatable bonds is 2. The molecule has 0 bridgehead atoms. The maximum atomic E-state index is 12.1. The number of nitrogens with zero attached hydrogens (tertiary/aromatic N) is 1. The molecule has 0 radical (unpaired) electrons. The highest BCUT2D eigenvalue weighted by Crippen LogP contribution is 2.66. The van der Waals surface area contributed by atoms with Crippen LogP contribution >= 0.6 is 0 Å². The lowest BCUT2D eigenvalue weighted by molar-refractivity contribution is -0.137. The Labute approximate surface area is 163 Å². The predicted molar refractivity (Wildman–Crippen MR) is 108 cm³/mol. The summed E-state index contributed by atoms with van der Waals surface area (Å²) in [5.41, 5.74) is 3.83. The number of fused-ring (bicyclic) bond motifs is 5. The second-order valence-corrected chi connectivity index (χ2v) is 10.4. The van der Waals surface area contributed by atoms with Crippen LogP contribution in [0.3, 0.4) is 0 Å². The number of hydrogen-bond acceptors (Lipinski definition) is 2. The second-order valence-electron chi connectivity index (χ2n) is 10.4. The number of Topliss-reactive ketones (excluding diaryl/α,β-unsaturated/α-hetero) is 1. The van der Waals surface area contributed by atoms with Gasteiger partial charge in [0.2, 0.25) is 0 Å². The van der Waals surface area contributed by atoms with E-state index < -0.39 is 0 Å². The van der Waals surface area contributed by atoms with Crippen molar-refractivity contribution < 1.29 is 4.79 Å². The van der Waals surface area contributed by atoms with Gasteiger partial charge in [-0.3, -0.25) is 9.78 Å². The van der Waals surface area contributed by atoms with E-state index in [0.29, 0.717) is 22.5 Å². The molecular formula is C25H33NO. The Morgan fingerprint density at radius 1 is 1.15 bits per heavy atom. The van der Waals surface area contributed by atoms with Gasteiger partial charge in [-0.1, -0.05) is 31.6 Å². The third-order valence-electron chi connectivity index (χ3n) is 9.34. The maximum Gasteiger partial charge on any atom is 0.133 e. The molecule has 1 aromatic rings. The molecular weight excluding hydrogens is 330 g/mol. The topological polar surface area (TPSA) is 30.0 Å². The molecule has 2 nitrogen and oxygen atoms in total. The molecule has 4 aliphatic carbocycles. The summed E-state index contributed by atoms with van der Waals surface area (Å²) in [5.74, 6) is 3.71. The van der Waals surface area contributed by atoms with Crippen LogP contribution in [0.5, 0.6) is 0 Å². The summed E-state index contributed by atoms with van der Waals surface area (Å²) in [7, 11) is 0. The maximum absolute atomic E-state index is 12.1. The van der Waals surface area contributed by atoms with Crippen molar-refractivity contribution in [3.8, 4) is 0 Å². The van der Waals surface area contributed by atoms with Gasteiger partial charge in [-0.05, 0) is 91.1 Å². The Morgan fingerprint density at radius 2 is 2.04 bits per heavy atom. The zero-order valence-corrected chi connectivity index (χ0v) is 16.9. The molecule has 5 rings (SSSR count). The molecule has 0 spiro atoms. The zero-order chi connectivity index (χ0) is 18.6. The molecule has 0 saturated heterocycles. The number of carbonyl (C=O) groups is 1. The lowest BCUT2D eigenvalue weighted by Crippen LogP contribution is -2.53. The van der Waals surface area contributed by atoms with Gasteiger partial charge in [-0.2, -0.15) is 0 Å². The Hall–Kier alpha value is -1.44. The van der Waals surface area contributed by atoms with Crippen LogP contribution in [0.2, 0.25) is 0 Å². The van der Waals surface area contributed by atoms with Crippen molar-refractivity contribution in [1.29, 1.82) is 0 Å². The summed E-state index contributed by atoms with van der Waals surface area (Å²) in [4.78, 5) is 16.4. The van der Waals surface area contributed by atoms with Gasteiger partial charge in [0.05, 0.1) is 0 Å². The van der Waals surface area contributed by atoms with Crippen molar-refractivity contribution >= 4 is 5.78 Å². The quantitative estimate of drug-likeness (QED) is 0.624. The van der Waals surface area contributed by atoms with Crippen LogP contribution in [0, 0.1) is 34.5 Å². The summed E-state index contributed by atoms with van der Waals surface area (Å²) in [6.45, 7) is 5.10. The lowest BCUT2D eigenvalue weighted by Gasteiger charge is -2.60. The highest BCUT2D eigenvalue weighted by atomic mass is 16.1. The molecule has 2 heteroatoms. The minimum Gasteiger partial charge on any atom is -0.300 e. The molecule has 0 N–H and O–H groups in total. The van der Waals surface area contributed by atoms with Gasteiger partial charge in [0.1, 0.15) is 5.78 Å². The Balaban J connectivity index is 1.39. The lowest BCUT2D eigenvalue weighted by atomic mass is 9.44. The fourth-order valence-electron chi connectivity index (χ4n) is 7.70. The molecule has 0 aromatic carbocycles. The van der Waals surface area contributed by atoms with Crippen LogP contribution in [0.1, 0.15) is 70.8 Å². The molecule has 144 valence electrons. The first-order valence-corrected chi connectivity index (χ1v) is 11.1. The number of allylic oxidation sites excluding steroid dienone is 2. The summed E-state index contributed by atoms with van der Waals surface area (Å²) in [6, 6.07) is 4.29. The highest BCUT2D eigenvalue weighted by molar-refractivity contribution is 5.79. The van der Waals surface area contributed by atoms with Crippen molar-refractivity contribution in [2.24, 2.45) is 34.5 Å². The molecule has 1 unspecified atom stereocenters. The average Bonchev–Trinajstić information content (AvgIpc) is 3.00. The van der Waals surface area contributed by atoms with E-state index in [1.165, 1.54) is 37.7 Å². The highest BCUT2D eigenvalue weighted by Gasteiger charge is 2.58. The van der Waals surface area contributed by atoms with Crippen molar-refractivity contribution in [2.75, 3.05) is 0 Å². The van der Waals surface area contributed by atoms with Crippen molar-refractivity contribution in [3.63, 3.8) is 0 Å². The van der Waals surface area contributed by atoms with E-state index in [1.807, 2.05) is 12.4 Å². The number of hydrogen-bond donors (Lipinski definition) is 0. The minimum absolute atomic E-state index is 0.380. The van der Waals surface area contributed by atoms with Crippen LogP contribution in [0.4, 0.5) is 0 Å². The molecule has 1 heterocycles. The van der Waals surface area contributed by atoms with E-state index >= 15 is 0 Å². The zero-order valence-electron chi connectivity index (χ0n) is 16.9. The molecule has 3 saturated carbocycles. The van der Waals surface area contributed by atoms with E-state index in [9.17, 15) is 4.79 Å². The molecule has 3 fully saturated rings. The summed E-state index contributed by atoms with van der Waals surface area (Å²) >= 11 is 0. The van der Waals surface area contributed by atoms with E-state index in [0.717, 1.165) is 43.4 Å². The fraction of sp³-hybridized carbons (Fsp3) is 0.680. The van der Waals surface area contributed by atoms with Crippen LogP contribution in [-0.4, -0.2) is 10.8 Å². The second kappa shape index (κ2) is 6.29. The normalized spacial score (nSPS) is 43.5.